The number of hydrogen-bond acceptors (Lipinski definition) is 6. The van der Waals surface area contributed by atoms with Crippen LogP contribution in [0, 0.1) is 5.41 Å². The zero-order valence-electron chi connectivity index (χ0n) is 13.1. The molecule has 1 saturated carbocycles. The van der Waals surface area contributed by atoms with Gasteiger partial charge in [0.15, 0.2) is 0 Å². The minimum Gasteiger partial charge on any atom is -0.392 e. The summed E-state index contributed by atoms with van der Waals surface area (Å²) in [6.45, 7) is 3.90. The van der Waals surface area contributed by atoms with Gasteiger partial charge in [-0.2, -0.15) is 0 Å². The Morgan fingerprint density at radius 2 is 2.18 bits per heavy atom. The molecular weight excluding hydrogens is 286 g/mol. The molecule has 1 aliphatic carbocycles. The third-order valence-electron chi connectivity index (χ3n) is 5.68. The molecule has 22 heavy (non-hydrogen) atoms. The second-order valence-electron chi connectivity index (χ2n) is 6.51. The molecule has 1 N–H and O–H groups in total. The summed E-state index contributed by atoms with van der Waals surface area (Å²) >= 11 is 0. The molecular formula is C14H23N5O3. The number of hydrogen-bond donors (Lipinski definition) is 1. The zero-order valence-corrected chi connectivity index (χ0v) is 13.1. The lowest BCUT2D eigenvalue weighted by Crippen LogP contribution is -2.69. The van der Waals surface area contributed by atoms with E-state index in [4.69, 9.17) is 4.74 Å². The van der Waals surface area contributed by atoms with E-state index in [1.807, 2.05) is 4.90 Å². The van der Waals surface area contributed by atoms with E-state index in [0.717, 1.165) is 12.8 Å². The lowest BCUT2D eigenvalue weighted by atomic mass is 9.51. The monoisotopic (exact) mass is 309 g/mol. The minimum absolute atomic E-state index is 0.110. The smallest absolute Gasteiger partial charge is 0.224 e. The van der Waals surface area contributed by atoms with E-state index in [-0.39, 0.29) is 23.0 Å². The van der Waals surface area contributed by atoms with Crippen molar-refractivity contribution in [1.29, 1.82) is 0 Å². The summed E-state index contributed by atoms with van der Waals surface area (Å²) in [5.41, 5.74) is -0.470. The van der Waals surface area contributed by atoms with E-state index in [1.165, 1.54) is 6.33 Å². The molecule has 1 saturated heterocycles. The largest absolute Gasteiger partial charge is 0.392 e. The first-order valence-corrected chi connectivity index (χ1v) is 7.72. The first-order valence-electron chi connectivity index (χ1n) is 7.72. The van der Waals surface area contributed by atoms with E-state index in [0.29, 0.717) is 32.5 Å². The highest BCUT2D eigenvalue weighted by Gasteiger charge is 2.63. The maximum Gasteiger partial charge on any atom is 0.224 e. The number of amides is 1. The number of ether oxygens (including phenoxy) is 1. The number of aromatic nitrogens is 4. The van der Waals surface area contributed by atoms with Crippen molar-refractivity contribution in [2.45, 2.75) is 50.9 Å². The Hall–Kier alpha value is -1.54. The number of piperidine rings is 1. The normalized spacial score (nSPS) is 30.3. The summed E-state index contributed by atoms with van der Waals surface area (Å²) in [5.74, 6) is 0.110. The summed E-state index contributed by atoms with van der Waals surface area (Å²) < 4.78 is 7.20. The molecule has 2 aliphatic rings. The second kappa shape index (κ2) is 5.58. The molecule has 2 heterocycles. The van der Waals surface area contributed by atoms with Crippen LogP contribution >= 0.6 is 0 Å². The van der Waals surface area contributed by atoms with Crippen molar-refractivity contribution in [3.63, 3.8) is 0 Å². The SMILES string of the molecule is CO[C@@]1(C)C[C@@H](O)C12CCN(C(=O)CCn1cnnn1)CC2. The van der Waals surface area contributed by atoms with Crippen LogP contribution in [-0.4, -0.2) is 68.0 Å². The van der Waals surface area contributed by atoms with Gasteiger partial charge in [-0.25, -0.2) is 4.68 Å². The second-order valence-corrected chi connectivity index (χ2v) is 6.51. The molecule has 1 spiro atoms. The molecule has 1 aliphatic heterocycles. The first-order chi connectivity index (χ1) is 10.5. The molecule has 1 aromatic rings. The van der Waals surface area contributed by atoms with Crippen LogP contribution in [0.25, 0.3) is 0 Å². The van der Waals surface area contributed by atoms with Crippen molar-refractivity contribution in [3.8, 4) is 0 Å². The topological polar surface area (TPSA) is 93.4 Å². The summed E-state index contributed by atoms with van der Waals surface area (Å²) in [5, 5.41) is 21.1. The Morgan fingerprint density at radius 3 is 2.73 bits per heavy atom. The highest BCUT2D eigenvalue weighted by molar-refractivity contribution is 5.76. The molecule has 0 unspecified atom stereocenters. The predicted molar refractivity (Wildman–Crippen MR) is 76.7 cm³/mol. The van der Waals surface area contributed by atoms with E-state index < -0.39 is 0 Å². The van der Waals surface area contributed by atoms with Gasteiger partial charge in [-0.3, -0.25) is 4.79 Å². The van der Waals surface area contributed by atoms with Crippen molar-refractivity contribution in [2.75, 3.05) is 20.2 Å². The Kier molecular flexibility index (Phi) is 3.90. The third-order valence-corrected chi connectivity index (χ3v) is 5.68. The van der Waals surface area contributed by atoms with E-state index in [2.05, 4.69) is 22.4 Å². The number of aliphatic hydroxyl groups is 1. The van der Waals surface area contributed by atoms with Gasteiger partial charge in [0, 0.05) is 38.5 Å². The lowest BCUT2D eigenvalue weighted by molar-refractivity contribution is -0.261. The molecule has 3 rings (SSSR count). The number of aliphatic hydroxyl groups excluding tert-OH is 1. The fraction of sp³-hybridized carbons (Fsp3) is 0.857. The molecule has 0 bridgehead atoms. The fourth-order valence-corrected chi connectivity index (χ4v) is 3.94. The summed E-state index contributed by atoms with van der Waals surface area (Å²) in [4.78, 5) is 14.1. The average Bonchev–Trinajstić information content (AvgIpc) is 3.06. The highest BCUT2D eigenvalue weighted by atomic mass is 16.5. The van der Waals surface area contributed by atoms with Crippen LogP contribution in [0.15, 0.2) is 6.33 Å². The number of rotatable bonds is 4. The van der Waals surface area contributed by atoms with Crippen LogP contribution in [0.1, 0.15) is 32.6 Å². The minimum atomic E-state index is -0.323. The predicted octanol–water partition coefficient (Wildman–Crippen LogP) is -0.158. The summed E-state index contributed by atoms with van der Waals surface area (Å²) in [6.07, 6.45) is 3.83. The van der Waals surface area contributed by atoms with Gasteiger partial charge in [0.25, 0.3) is 0 Å². The third kappa shape index (κ3) is 2.30. The molecule has 2 fully saturated rings. The fourth-order valence-electron chi connectivity index (χ4n) is 3.94. The van der Waals surface area contributed by atoms with Gasteiger partial charge in [0.2, 0.25) is 5.91 Å². The van der Waals surface area contributed by atoms with Crippen LogP contribution in [-0.2, 0) is 16.1 Å². The van der Waals surface area contributed by atoms with Crippen LogP contribution in [0.3, 0.4) is 0 Å². The number of carbonyl (C=O) groups excluding carboxylic acids is 1. The Labute approximate surface area is 129 Å². The van der Waals surface area contributed by atoms with Crippen LogP contribution in [0.5, 0.6) is 0 Å². The maximum atomic E-state index is 12.3. The average molecular weight is 309 g/mol. The Morgan fingerprint density at radius 1 is 1.45 bits per heavy atom. The molecule has 0 radical (unpaired) electrons. The molecule has 1 aromatic heterocycles. The van der Waals surface area contributed by atoms with Gasteiger partial charge in [-0.15, -0.1) is 5.10 Å². The van der Waals surface area contributed by atoms with Crippen molar-refractivity contribution < 1.29 is 14.6 Å². The quantitative estimate of drug-likeness (QED) is 0.831. The van der Waals surface area contributed by atoms with Crippen molar-refractivity contribution in [1.82, 2.24) is 25.1 Å². The standard InChI is InChI=1S/C14H23N5O3/c1-13(22-2)9-11(20)14(13)4-7-18(8-5-14)12(21)3-6-19-10-15-16-17-19/h10-11,20H,3-9H2,1-2H3/t11-,13+/m1/s1. The summed E-state index contributed by atoms with van der Waals surface area (Å²) in [7, 11) is 1.71. The van der Waals surface area contributed by atoms with E-state index >= 15 is 0 Å². The number of carbonyl (C=O) groups is 1. The number of likely N-dealkylation sites (tertiary alicyclic amines) is 1. The van der Waals surface area contributed by atoms with E-state index in [9.17, 15) is 9.90 Å². The number of tetrazole rings is 1. The van der Waals surface area contributed by atoms with Crippen molar-refractivity contribution >= 4 is 5.91 Å². The highest BCUT2D eigenvalue weighted by Crippen LogP contribution is 2.57. The van der Waals surface area contributed by atoms with Crippen LogP contribution < -0.4 is 0 Å². The number of aryl methyl sites for hydroxylation is 1. The molecule has 1 amide bonds. The zero-order chi connectivity index (χ0) is 15.8. The van der Waals surface area contributed by atoms with E-state index in [1.54, 1.807) is 11.8 Å². The molecule has 122 valence electrons. The number of methoxy groups -OCH3 is 1. The van der Waals surface area contributed by atoms with Crippen LogP contribution in [0.4, 0.5) is 0 Å². The maximum absolute atomic E-state index is 12.3. The molecule has 0 aromatic carbocycles. The van der Waals surface area contributed by atoms with Gasteiger partial charge in [0.1, 0.15) is 6.33 Å². The van der Waals surface area contributed by atoms with Gasteiger partial charge in [-0.1, -0.05) is 0 Å². The van der Waals surface area contributed by atoms with Crippen LogP contribution in [0.2, 0.25) is 0 Å². The van der Waals surface area contributed by atoms with Gasteiger partial charge >= 0.3 is 0 Å². The summed E-state index contributed by atoms with van der Waals surface area (Å²) in [6, 6.07) is 0. The van der Waals surface area contributed by atoms with Crippen molar-refractivity contribution in [3.05, 3.63) is 6.33 Å². The molecule has 2 atom stereocenters. The lowest BCUT2D eigenvalue weighted by Gasteiger charge is -2.62. The Bertz CT molecular complexity index is 527. The molecule has 8 heteroatoms. The molecule has 8 nitrogen and oxygen atoms in total. The first kappa shape index (κ1) is 15.4. The van der Waals surface area contributed by atoms with Gasteiger partial charge in [-0.05, 0) is 30.2 Å². The van der Waals surface area contributed by atoms with Gasteiger partial charge < -0.3 is 14.7 Å². The Balaban J connectivity index is 1.54. The number of nitrogens with zero attached hydrogens (tertiary/aromatic N) is 5. The van der Waals surface area contributed by atoms with Crippen molar-refractivity contribution in [2.24, 2.45) is 5.41 Å². The van der Waals surface area contributed by atoms with Gasteiger partial charge in [0.05, 0.1) is 18.2 Å².